The topological polar surface area (TPSA) is 46.9 Å². The largest absolute Gasteiger partial charge is 0.362 e. The van der Waals surface area contributed by atoms with Gasteiger partial charge < -0.3 is 9.88 Å². The van der Waals surface area contributed by atoms with Gasteiger partial charge in [-0.05, 0) is 25.7 Å². The Labute approximate surface area is 112 Å². The number of rotatable bonds is 4. The van der Waals surface area contributed by atoms with E-state index in [1.807, 2.05) is 6.92 Å². The molecule has 18 heavy (non-hydrogen) atoms. The minimum atomic E-state index is -0.0427. The summed E-state index contributed by atoms with van der Waals surface area (Å²) in [5, 5.41) is 3.30. The van der Waals surface area contributed by atoms with Crippen molar-refractivity contribution in [3.05, 3.63) is 22.7 Å². The highest BCUT2D eigenvalue weighted by atomic mass is 35.5. The van der Waals surface area contributed by atoms with E-state index in [2.05, 4.69) is 10.3 Å². The molecular formula is C13H20ClN3O. The monoisotopic (exact) mass is 269 g/mol. The van der Waals surface area contributed by atoms with E-state index < -0.39 is 0 Å². The van der Waals surface area contributed by atoms with Crippen LogP contribution in [0.15, 0.2) is 17.2 Å². The predicted octanol–water partition coefficient (Wildman–Crippen LogP) is 2.47. The highest BCUT2D eigenvalue weighted by molar-refractivity contribution is 6.18. The molecule has 1 saturated carbocycles. The third-order valence-corrected chi connectivity index (χ3v) is 4.08. The summed E-state index contributed by atoms with van der Waals surface area (Å²) in [4.78, 5) is 16.2. The van der Waals surface area contributed by atoms with Gasteiger partial charge in [-0.15, -0.1) is 11.6 Å². The first-order valence-electron chi connectivity index (χ1n) is 6.64. The molecule has 100 valence electrons. The zero-order valence-corrected chi connectivity index (χ0v) is 11.5. The molecule has 0 aliphatic heterocycles. The van der Waals surface area contributed by atoms with Crippen LogP contribution in [0, 0.1) is 5.92 Å². The van der Waals surface area contributed by atoms with Crippen LogP contribution in [0.3, 0.4) is 0 Å². The van der Waals surface area contributed by atoms with Gasteiger partial charge in [0, 0.05) is 30.9 Å². The molecule has 5 heteroatoms. The molecule has 0 aromatic carbocycles. The first-order chi connectivity index (χ1) is 8.76. The lowest BCUT2D eigenvalue weighted by molar-refractivity contribution is 0.352. The maximum absolute atomic E-state index is 12.1. The molecule has 0 spiro atoms. The lowest BCUT2D eigenvalue weighted by Gasteiger charge is -2.31. The zero-order valence-electron chi connectivity index (χ0n) is 10.7. The number of halogens is 1. The molecule has 0 amide bonds. The lowest BCUT2D eigenvalue weighted by atomic mass is 9.86. The molecule has 0 saturated heterocycles. The Bertz CT molecular complexity index is 446. The molecule has 0 bridgehead atoms. The summed E-state index contributed by atoms with van der Waals surface area (Å²) in [6.45, 7) is 2.62. The van der Waals surface area contributed by atoms with Crippen LogP contribution in [0.25, 0.3) is 0 Å². The van der Waals surface area contributed by atoms with Crippen molar-refractivity contribution >= 4 is 17.4 Å². The summed E-state index contributed by atoms with van der Waals surface area (Å²) in [7, 11) is 0. The number of hydrogen-bond donors (Lipinski definition) is 1. The average Bonchev–Trinajstić information content (AvgIpc) is 2.42. The second kappa shape index (κ2) is 6.23. The van der Waals surface area contributed by atoms with E-state index in [1.54, 1.807) is 17.0 Å². The summed E-state index contributed by atoms with van der Waals surface area (Å²) in [5.74, 6) is 1.55. The number of aryl methyl sites for hydroxylation is 1. The van der Waals surface area contributed by atoms with Crippen molar-refractivity contribution in [2.24, 2.45) is 5.92 Å². The molecule has 0 radical (unpaired) electrons. The molecular weight excluding hydrogens is 250 g/mol. The maximum atomic E-state index is 12.1. The number of hydrogen-bond acceptors (Lipinski definition) is 3. The Morgan fingerprint density at radius 2 is 2.28 bits per heavy atom. The van der Waals surface area contributed by atoms with E-state index >= 15 is 0 Å². The first-order valence-corrected chi connectivity index (χ1v) is 7.17. The van der Waals surface area contributed by atoms with Gasteiger partial charge in [0.1, 0.15) is 0 Å². The van der Waals surface area contributed by atoms with Crippen molar-refractivity contribution < 1.29 is 0 Å². The predicted molar refractivity (Wildman–Crippen MR) is 74.3 cm³/mol. The van der Waals surface area contributed by atoms with Gasteiger partial charge in [0.15, 0.2) is 5.82 Å². The molecule has 2 atom stereocenters. The zero-order chi connectivity index (χ0) is 13.0. The molecule has 1 N–H and O–H groups in total. The Morgan fingerprint density at radius 1 is 1.50 bits per heavy atom. The number of nitrogens with zero attached hydrogens (tertiary/aromatic N) is 2. The Hall–Kier alpha value is -1.03. The van der Waals surface area contributed by atoms with Gasteiger partial charge in [-0.3, -0.25) is 4.79 Å². The minimum Gasteiger partial charge on any atom is -0.362 e. The standard InChI is InChI=1S/C13H20ClN3O/c1-2-17-8-7-15-12(13(17)18)16-11-6-4-3-5-10(11)9-14/h7-8,10-11H,2-6,9H2,1H3,(H,15,16). The SMILES string of the molecule is CCn1ccnc(NC2CCCCC2CCl)c1=O. The number of anilines is 1. The third-order valence-electron chi connectivity index (χ3n) is 3.68. The van der Waals surface area contributed by atoms with Crippen molar-refractivity contribution in [1.82, 2.24) is 9.55 Å². The van der Waals surface area contributed by atoms with E-state index in [1.165, 1.54) is 12.8 Å². The van der Waals surface area contributed by atoms with Crippen LogP contribution in [-0.2, 0) is 6.54 Å². The quantitative estimate of drug-likeness (QED) is 0.855. The van der Waals surface area contributed by atoms with Gasteiger partial charge in [0.05, 0.1) is 0 Å². The second-order valence-corrected chi connectivity index (χ2v) is 5.13. The van der Waals surface area contributed by atoms with Crippen molar-refractivity contribution in [1.29, 1.82) is 0 Å². The van der Waals surface area contributed by atoms with Crippen LogP contribution in [0.5, 0.6) is 0 Å². The van der Waals surface area contributed by atoms with Gasteiger partial charge in [-0.25, -0.2) is 4.98 Å². The fourth-order valence-corrected chi connectivity index (χ4v) is 2.92. The van der Waals surface area contributed by atoms with Crippen LogP contribution < -0.4 is 10.9 Å². The molecule has 1 aromatic heterocycles. The van der Waals surface area contributed by atoms with Crippen molar-refractivity contribution in [3.8, 4) is 0 Å². The smallest absolute Gasteiger partial charge is 0.293 e. The van der Waals surface area contributed by atoms with Gasteiger partial charge in [0.2, 0.25) is 0 Å². The Morgan fingerprint density at radius 3 is 3.00 bits per heavy atom. The van der Waals surface area contributed by atoms with E-state index in [-0.39, 0.29) is 11.6 Å². The summed E-state index contributed by atoms with van der Waals surface area (Å²) < 4.78 is 1.66. The van der Waals surface area contributed by atoms with Crippen LogP contribution in [0.1, 0.15) is 32.6 Å². The summed E-state index contributed by atoms with van der Waals surface area (Å²) >= 11 is 6.00. The van der Waals surface area contributed by atoms with Crippen LogP contribution in [0.2, 0.25) is 0 Å². The van der Waals surface area contributed by atoms with Crippen molar-refractivity contribution in [2.45, 2.75) is 45.2 Å². The van der Waals surface area contributed by atoms with Gasteiger partial charge in [-0.1, -0.05) is 12.8 Å². The molecule has 1 aliphatic rings. The van der Waals surface area contributed by atoms with Gasteiger partial charge in [-0.2, -0.15) is 0 Å². The van der Waals surface area contributed by atoms with E-state index in [0.717, 1.165) is 12.8 Å². The third kappa shape index (κ3) is 2.86. The minimum absolute atomic E-state index is 0.0427. The summed E-state index contributed by atoms with van der Waals surface area (Å²) in [6.07, 6.45) is 8.02. The van der Waals surface area contributed by atoms with Crippen LogP contribution >= 0.6 is 11.6 Å². The van der Waals surface area contributed by atoms with Crippen molar-refractivity contribution in [2.75, 3.05) is 11.2 Å². The van der Waals surface area contributed by atoms with E-state index in [9.17, 15) is 4.79 Å². The highest BCUT2D eigenvalue weighted by Gasteiger charge is 2.25. The fourth-order valence-electron chi connectivity index (χ4n) is 2.55. The molecule has 1 aliphatic carbocycles. The van der Waals surface area contributed by atoms with Gasteiger partial charge in [0.25, 0.3) is 5.56 Å². The molecule has 2 rings (SSSR count). The number of alkyl halides is 1. The normalized spacial score (nSPS) is 23.9. The first kappa shape index (κ1) is 13.4. The van der Waals surface area contributed by atoms with Gasteiger partial charge >= 0.3 is 0 Å². The Kier molecular flexibility index (Phi) is 4.64. The van der Waals surface area contributed by atoms with E-state index in [0.29, 0.717) is 24.2 Å². The second-order valence-electron chi connectivity index (χ2n) is 4.82. The number of nitrogens with one attached hydrogen (secondary N) is 1. The van der Waals surface area contributed by atoms with Crippen LogP contribution in [-0.4, -0.2) is 21.5 Å². The fraction of sp³-hybridized carbons (Fsp3) is 0.692. The molecule has 1 aromatic rings. The highest BCUT2D eigenvalue weighted by Crippen LogP contribution is 2.27. The molecule has 1 fully saturated rings. The molecule has 1 heterocycles. The Balaban J connectivity index is 2.15. The average molecular weight is 270 g/mol. The lowest BCUT2D eigenvalue weighted by Crippen LogP contribution is -2.36. The number of aromatic nitrogens is 2. The van der Waals surface area contributed by atoms with Crippen molar-refractivity contribution in [3.63, 3.8) is 0 Å². The van der Waals surface area contributed by atoms with Crippen LogP contribution in [0.4, 0.5) is 5.82 Å². The molecule has 4 nitrogen and oxygen atoms in total. The molecule has 2 unspecified atom stereocenters. The summed E-state index contributed by atoms with van der Waals surface area (Å²) in [6, 6.07) is 0.282. The maximum Gasteiger partial charge on any atom is 0.293 e. The summed E-state index contributed by atoms with van der Waals surface area (Å²) in [5.41, 5.74) is -0.0427. The van der Waals surface area contributed by atoms with E-state index in [4.69, 9.17) is 11.6 Å².